The zero-order chi connectivity index (χ0) is 10.4. The van der Waals surface area contributed by atoms with Crippen molar-refractivity contribution in [3.63, 3.8) is 0 Å². The van der Waals surface area contributed by atoms with E-state index in [-0.39, 0.29) is 6.54 Å². The van der Waals surface area contributed by atoms with Crippen molar-refractivity contribution in [2.24, 2.45) is 0 Å². The van der Waals surface area contributed by atoms with E-state index in [0.29, 0.717) is 17.8 Å². The summed E-state index contributed by atoms with van der Waals surface area (Å²) in [6.07, 6.45) is 0.696. The number of halogens is 3. The average Bonchev–Trinajstić information content (AvgIpc) is 2.18. The van der Waals surface area contributed by atoms with Crippen molar-refractivity contribution in [3.05, 3.63) is 18.5 Å². The summed E-state index contributed by atoms with van der Waals surface area (Å²) in [4.78, 5) is 9.27. The Bertz CT molecular complexity index is 258. The number of aromatic nitrogens is 2. The molecule has 1 aromatic heterocycles. The molecular formula is C8H10BrF2N3. The van der Waals surface area contributed by atoms with Crippen LogP contribution in [0.15, 0.2) is 18.5 Å². The molecule has 0 amide bonds. The van der Waals surface area contributed by atoms with Crippen molar-refractivity contribution < 1.29 is 8.78 Å². The van der Waals surface area contributed by atoms with Gasteiger partial charge in [-0.2, -0.15) is 0 Å². The summed E-state index contributed by atoms with van der Waals surface area (Å²) in [6.45, 7) is 0.129. The van der Waals surface area contributed by atoms with E-state index in [1.165, 1.54) is 17.3 Å². The van der Waals surface area contributed by atoms with Crippen LogP contribution in [0.1, 0.15) is 0 Å². The van der Waals surface area contributed by atoms with Gasteiger partial charge in [0.15, 0.2) is 0 Å². The maximum atomic E-state index is 12.2. The fourth-order valence-corrected chi connectivity index (χ4v) is 1.42. The minimum Gasteiger partial charge on any atom is -0.334 e. The molecule has 0 fully saturated rings. The zero-order valence-corrected chi connectivity index (χ0v) is 8.99. The summed E-state index contributed by atoms with van der Waals surface area (Å²) < 4.78 is 24.4. The van der Waals surface area contributed by atoms with Crippen LogP contribution >= 0.6 is 15.9 Å². The lowest BCUT2D eigenvalue weighted by Gasteiger charge is -2.20. The van der Waals surface area contributed by atoms with Gasteiger partial charge < -0.3 is 4.90 Å². The molecule has 0 saturated heterocycles. The number of rotatable bonds is 5. The van der Waals surface area contributed by atoms with Crippen LogP contribution in [0.3, 0.4) is 0 Å². The standard InChI is InChI=1S/C8H10BrF2N3/c9-2-5-14(6-7(10)11)8-12-3-1-4-13-8/h1,3-4,7H,2,5-6H2. The first kappa shape index (κ1) is 11.3. The lowest BCUT2D eigenvalue weighted by Crippen LogP contribution is -2.32. The van der Waals surface area contributed by atoms with E-state index in [9.17, 15) is 8.78 Å². The van der Waals surface area contributed by atoms with Crippen LogP contribution in [0.5, 0.6) is 0 Å². The van der Waals surface area contributed by atoms with E-state index in [1.807, 2.05) is 0 Å². The lowest BCUT2D eigenvalue weighted by atomic mass is 10.5. The summed E-state index contributed by atoms with van der Waals surface area (Å²) in [6, 6.07) is 1.65. The Kier molecular flexibility index (Phi) is 4.72. The molecule has 78 valence electrons. The van der Waals surface area contributed by atoms with Gasteiger partial charge in [0.25, 0.3) is 6.43 Å². The van der Waals surface area contributed by atoms with Crippen LogP contribution in [0.2, 0.25) is 0 Å². The van der Waals surface area contributed by atoms with Gasteiger partial charge in [-0.25, -0.2) is 18.7 Å². The molecule has 0 aliphatic carbocycles. The minimum absolute atomic E-state index is 0.338. The number of hydrogen-bond donors (Lipinski definition) is 0. The molecular weight excluding hydrogens is 256 g/mol. The summed E-state index contributed by atoms with van der Waals surface area (Å²) in [5, 5.41) is 0.609. The molecule has 0 radical (unpaired) electrons. The Balaban J connectivity index is 2.67. The van der Waals surface area contributed by atoms with Crippen LogP contribution < -0.4 is 4.90 Å². The fraction of sp³-hybridized carbons (Fsp3) is 0.500. The van der Waals surface area contributed by atoms with Crippen molar-refractivity contribution in [3.8, 4) is 0 Å². The number of hydrogen-bond acceptors (Lipinski definition) is 3. The smallest absolute Gasteiger partial charge is 0.255 e. The molecule has 0 atom stereocenters. The topological polar surface area (TPSA) is 29.0 Å². The van der Waals surface area contributed by atoms with E-state index in [0.717, 1.165) is 0 Å². The van der Waals surface area contributed by atoms with Gasteiger partial charge in [-0.1, -0.05) is 15.9 Å². The quantitative estimate of drug-likeness (QED) is 0.763. The van der Waals surface area contributed by atoms with Gasteiger partial charge in [-0.3, -0.25) is 0 Å². The molecule has 0 aromatic carbocycles. The number of nitrogens with zero attached hydrogens (tertiary/aromatic N) is 3. The van der Waals surface area contributed by atoms with Gasteiger partial charge in [0.2, 0.25) is 5.95 Å². The van der Waals surface area contributed by atoms with Crippen LogP contribution in [-0.2, 0) is 0 Å². The molecule has 0 spiro atoms. The van der Waals surface area contributed by atoms with Gasteiger partial charge in [-0.05, 0) is 6.07 Å². The van der Waals surface area contributed by atoms with Crippen molar-refractivity contribution >= 4 is 21.9 Å². The molecule has 6 heteroatoms. The molecule has 1 heterocycles. The minimum atomic E-state index is -2.38. The van der Waals surface area contributed by atoms with Gasteiger partial charge >= 0.3 is 0 Å². The SMILES string of the molecule is FC(F)CN(CCBr)c1ncccn1. The monoisotopic (exact) mass is 265 g/mol. The molecule has 0 aliphatic heterocycles. The number of alkyl halides is 3. The second kappa shape index (κ2) is 5.85. The maximum Gasteiger partial charge on any atom is 0.255 e. The second-order valence-corrected chi connectivity index (χ2v) is 3.37. The highest BCUT2D eigenvalue weighted by molar-refractivity contribution is 9.09. The lowest BCUT2D eigenvalue weighted by molar-refractivity contribution is 0.155. The normalized spacial score (nSPS) is 10.6. The van der Waals surface area contributed by atoms with Crippen molar-refractivity contribution in [2.75, 3.05) is 23.3 Å². The first-order valence-electron chi connectivity index (χ1n) is 4.10. The molecule has 3 nitrogen and oxygen atoms in total. The third kappa shape index (κ3) is 3.53. The Hall–Kier alpha value is -0.780. The van der Waals surface area contributed by atoms with Gasteiger partial charge in [0, 0.05) is 24.3 Å². The van der Waals surface area contributed by atoms with E-state index in [1.54, 1.807) is 6.07 Å². The predicted octanol–water partition coefficient (Wildman–Crippen LogP) is 1.94. The highest BCUT2D eigenvalue weighted by Gasteiger charge is 2.13. The Morgan fingerprint density at radius 1 is 1.36 bits per heavy atom. The summed E-state index contributed by atoms with van der Waals surface area (Å²) in [7, 11) is 0. The first-order chi connectivity index (χ1) is 6.74. The molecule has 0 bridgehead atoms. The van der Waals surface area contributed by atoms with Gasteiger partial charge in [0.05, 0.1) is 6.54 Å². The van der Waals surface area contributed by atoms with E-state index in [4.69, 9.17) is 0 Å². The number of anilines is 1. The predicted molar refractivity (Wildman–Crippen MR) is 54.0 cm³/mol. The Morgan fingerprint density at radius 3 is 2.50 bits per heavy atom. The maximum absolute atomic E-state index is 12.2. The summed E-state index contributed by atoms with van der Waals surface area (Å²) in [5.41, 5.74) is 0. The van der Waals surface area contributed by atoms with Gasteiger partial charge in [-0.15, -0.1) is 0 Å². The third-order valence-electron chi connectivity index (χ3n) is 1.55. The van der Waals surface area contributed by atoms with Crippen molar-refractivity contribution in [1.29, 1.82) is 0 Å². The van der Waals surface area contributed by atoms with Crippen molar-refractivity contribution in [2.45, 2.75) is 6.43 Å². The molecule has 0 unspecified atom stereocenters. The van der Waals surface area contributed by atoms with E-state index in [2.05, 4.69) is 25.9 Å². The highest BCUT2D eigenvalue weighted by Crippen LogP contribution is 2.08. The molecule has 14 heavy (non-hydrogen) atoms. The Labute approximate surface area is 89.3 Å². The summed E-state index contributed by atoms with van der Waals surface area (Å²) in [5.74, 6) is 0.340. The average molecular weight is 266 g/mol. The van der Waals surface area contributed by atoms with E-state index >= 15 is 0 Å². The molecule has 0 aliphatic rings. The van der Waals surface area contributed by atoms with Crippen LogP contribution in [0.4, 0.5) is 14.7 Å². The molecule has 1 aromatic rings. The Morgan fingerprint density at radius 2 is 2.00 bits per heavy atom. The van der Waals surface area contributed by atoms with Crippen LogP contribution in [0, 0.1) is 0 Å². The second-order valence-electron chi connectivity index (χ2n) is 2.57. The van der Waals surface area contributed by atoms with Crippen LogP contribution in [-0.4, -0.2) is 34.8 Å². The van der Waals surface area contributed by atoms with Gasteiger partial charge in [0.1, 0.15) is 0 Å². The third-order valence-corrected chi connectivity index (χ3v) is 1.90. The van der Waals surface area contributed by atoms with E-state index < -0.39 is 6.43 Å². The highest BCUT2D eigenvalue weighted by atomic mass is 79.9. The summed E-state index contributed by atoms with van der Waals surface area (Å²) >= 11 is 3.20. The molecule has 1 rings (SSSR count). The fourth-order valence-electron chi connectivity index (χ4n) is 0.996. The van der Waals surface area contributed by atoms with Crippen molar-refractivity contribution in [1.82, 2.24) is 9.97 Å². The molecule has 0 N–H and O–H groups in total. The first-order valence-corrected chi connectivity index (χ1v) is 5.22. The molecule has 0 saturated carbocycles. The zero-order valence-electron chi connectivity index (χ0n) is 7.41. The van der Waals surface area contributed by atoms with Crippen LogP contribution in [0.25, 0.3) is 0 Å². The largest absolute Gasteiger partial charge is 0.334 e.